The van der Waals surface area contributed by atoms with E-state index < -0.39 is 16.6 Å². The molecule has 10 heteroatoms. The average molecular weight is 541 g/mol. The molecule has 0 aliphatic carbocycles. The van der Waals surface area contributed by atoms with Gasteiger partial charge in [0.25, 0.3) is 0 Å². The molecule has 0 bridgehead atoms. The summed E-state index contributed by atoms with van der Waals surface area (Å²) in [4.78, 5) is 19.8. The van der Waals surface area contributed by atoms with E-state index in [1.807, 2.05) is 26.0 Å². The topological polar surface area (TPSA) is 81.2 Å². The summed E-state index contributed by atoms with van der Waals surface area (Å²) in [5.41, 5.74) is 4.95. The molecule has 2 aliphatic heterocycles. The van der Waals surface area contributed by atoms with Gasteiger partial charge in [0.1, 0.15) is 17.4 Å². The quantitative estimate of drug-likeness (QED) is 0.314. The third-order valence-corrected chi connectivity index (χ3v) is 9.14. The Morgan fingerprint density at radius 1 is 1.11 bits per heavy atom. The Kier molecular flexibility index (Phi) is 6.15. The van der Waals surface area contributed by atoms with Crippen LogP contribution in [0.25, 0.3) is 22.2 Å². The van der Waals surface area contributed by atoms with Crippen LogP contribution in [0.5, 0.6) is 0 Å². The smallest absolute Gasteiger partial charge is 0.227 e. The second-order valence-electron chi connectivity index (χ2n) is 9.74. The molecule has 2 aromatic heterocycles. The van der Waals surface area contributed by atoms with Gasteiger partial charge in [-0.1, -0.05) is 22.8 Å². The Morgan fingerprint density at radius 2 is 1.89 bits per heavy atom. The van der Waals surface area contributed by atoms with Crippen LogP contribution in [-0.4, -0.2) is 36.3 Å². The highest BCUT2D eigenvalue weighted by Crippen LogP contribution is 2.42. The number of hydrogen-bond acceptors (Lipinski definition) is 5. The highest BCUT2D eigenvalue weighted by atomic mass is 35.5. The van der Waals surface area contributed by atoms with Gasteiger partial charge in [-0.3, -0.25) is 9.00 Å². The van der Waals surface area contributed by atoms with Crippen molar-refractivity contribution in [1.82, 2.24) is 14.7 Å². The van der Waals surface area contributed by atoms with Crippen LogP contribution in [-0.2, 0) is 15.6 Å². The summed E-state index contributed by atoms with van der Waals surface area (Å²) >= 11 is 5.92. The van der Waals surface area contributed by atoms with Crippen molar-refractivity contribution in [3.63, 3.8) is 0 Å². The molecule has 192 valence electrons. The third kappa shape index (κ3) is 4.18. The zero-order chi connectivity index (χ0) is 25.8. The minimum Gasteiger partial charge on any atom is -0.361 e. The number of benzene rings is 2. The maximum Gasteiger partial charge on any atom is 0.227 e. The molecule has 2 aliphatic rings. The summed E-state index contributed by atoms with van der Waals surface area (Å²) in [6.07, 6.45) is 2.46. The average Bonchev–Trinajstić information content (AvgIpc) is 3.55. The van der Waals surface area contributed by atoms with E-state index in [-0.39, 0.29) is 23.0 Å². The lowest BCUT2D eigenvalue weighted by atomic mass is 10.0. The molecule has 0 N–H and O–H groups in total. The van der Waals surface area contributed by atoms with Crippen LogP contribution in [0.2, 0.25) is 5.02 Å². The molecule has 0 spiro atoms. The SMILES string of the molecule is Cc1noc(C)c1-c1ccc2c(c1)nc([C@@H]1CCC(=O)N1c1ccc(Cl)c(F)c1)n2C1CCS(=O)CC1. The number of nitrogens with zero attached hydrogens (tertiary/aromatic N) is 4. The molecule has 1 amide bonds. The van der Waals surface area contributed by atoms with Gasteiger partial charge in [0.2, 0.25) is 5.91 Å². The molecule has 0 saturated carbocycles. The van der Waals surface area contributed by atoms with Crippen LogP contribution in [0.3, 0.4) is 0 Å². The third-order valence-electron chi connectivity index (χ3n) is 7.45. The number of halogens is 2. The molecular weight excluding hydrogens is 515 g/mol. The van der Waals surface area contributed by atoms with Gasteiger partial charge in [0, 0.05) is 46.0 Å². The van der Waals surface area contributed by atoms with Crippen molar-refractivity contribution in [2.24, 2.45) is 0 Å². The van der Waals surface area contributed by atoms with Gasteiger partial charge in [-0.25, -0.2) is 9.37 Å². The van der Waals surface area contributed by atoms with E-state index in [0.29, 0.717) is 30.0 Å². The molecule has 2 fully saturated rings. The van der Waals surface area contributed by atoms with Crippen LogP contribution < -0.4 is 4.90 Å². The van der Waals surface area contributed by atoms with Crippen molar-refractivity contribution in [1.29, 1.82) is 0 Å². The number of carbonyl (C=O) groups is 1. The number of aromatic nitrogens is 3. The number of fused-ring (bicyclic) bond motifs is 1. The molecule has 4 aromatic rings. The number of aryl methyl sites for hydroxylation is 2. The molecule has 7 nitrogen and oxygen atoms in total. The number of hydrogen-bond donors (Lipinski definition) is 0. The lowest BCUT2D eigenvalue weighted by Gasteiger charge is -2.30. The normalized spacial score (nSPS) is 22.3. The highest BCUT2D eigenvalue weighted by molar-refractivity contribution is 7.85. The maximum absolute atomic E-state index is 14.4. The first-order chi connectivity index (χ1) is 17.8. The first kappa shape index (κ1) is 24.3. The first-order valence-corrected chi connectivity index (χ1v) is 14.3. The van der Waals surface area contributed by atoms with Gasteiger partial charge in [0.15, 0.2) is 0 Å². The number of anilines is 1. The molecule has 1 atom stereocenters. The molecular formula is C27H26ClFN4O3S. The summed E-state index contributed by atoms with van der Waals surface area (Å²) in [6, 6.07) is 10.4. The van der Waals surface area contributed by atoms with Crippen LogP contribution in [0.15, 0.2) is 40.9 Å². The molecule has 4 heterocycles. The first-order valence-electron chi connectivity index (χ1n) is 12.4. The minimum atomic E-state index is -0.811. The molecule has 0 unspecified atom stereocenters. The van der Waals surface area contributed by atoms with Crippen molar-refractivity contribution in [2.75, 3.05) is 16.4 Å². The fourth-order valence-corrected chi connectivity index (χ4v) is 7.10. The van der Waals surface area contributed by atoms with Gasteiger partial charge < -0.3 is 14.0 Å². The maximum atomic E-state index is 14.4. The van der Waals surface area contributed by atoms with E-state index in [9.17, 15) is 13.4 Å². The van der Waals surface area contributed by atoms with Gasteiger partial charge in [0.05, 0.1) is 27.8 Å². The van der Waals surface area contributed by atoms with E-state index in [1.165, 1.54) is 12.1 Å². The van der Waals surface area contributed by atoms with Crippen molar-refractivity contribution in [2.45, 2.75) is 51.6 Å². The van der Waals surface area contributed by atoms with Crippen LogP contribution in [0.1, 0.15) is 55.0 Å². The fraction of sp³-hybridized carbons (Fsp3) is 0.370. The molecule has 0 radical (unpaired) electrons. The summed E-state index contributed by atoms with van der Waals surface area (Å²) < 4.78 is 34.1. The lowest BCUT2D eigenvalue weighted by Crippen LogP contribution is -2.31. The molecule has 6 rings (SSSR count). The monoisotopic (exact) mass is 540 g/mol. The number of carbonyl (C=O) groups excluding carboxylic acids is 1. The zero-order valence-electron chi connectivity index (χ0n) is 20.5. The summed E-state index contributed by atoms with van der Waals surface area (Å²) in [6.45, 7) is 3.80. The molecule has 2 saturated heterocycles. The summed E-state index contributed by atoms with van der Waals surface area (Å²) in [5.74, 6) is 2.14. The Bertz CT molecular complexity index is 1540. The number of imidazole rings is 1. The number of amides is 1. The zero-order valence-corrected chi connectivity index (χ0v) is 22.1. The largest absolute Gasteiger partial charge is 0.361 e. The van der Waals surface area contributed by atoms with Crippen molar-refractivity contribution in [3.05, 3.63) is 64.5 Å². The summed E-state index contributed by atoms with van der Waals surface area (Å²) in [7, 11) is -0.811. The number of rotatable bonds is 4. The van der Waals surface area contributed by atoms with Gasteiger partial charge in [-0.05, 0) is 69.0 Å². The minimum absolute atomic E-state index is 0.0150. The second kappa shape index (κ2) is 9.36. The van der Waals surface area contributed by atoms with E-state index in [2.05, 4.69) is 15.8 Å². The van der Waals surface area contributed by atoms with Crippen molar-refractivity contribution in [3.8, 4) is 11.1 Å². The molecule has 37 heavy (non-hydrogen) atoms. The van der Waals surface area contributed by atoms with E-state index >= 15 is 0 Å². The van der Waals surface area contributed by atoms with E-state index in [1.54, 1.807) is 11.0 Å². The van der Waals surface area contributed by atoms with Gasteiger partial charge in [-0.2, -0.15) is 0 Å². The molecule has 2 aromatic carbocycles. The van der Waals surface area contributed by atoms with Gasteiger partial charge in [-0.15, -0.1) is 0 Å². The fourth-order valence-electron chi connectivity index (χ4n) is 5.71. The van der Waals surface area contributed by atoms with E-state index in [4.69, 9.17) is 21.1 Å². The Balaban J connectivity index is 1.51. The van der Waals surface area contributed by atoms with Crippen LogP contribution in [0.4, 0.5) is 10.1 Å². The second-order valence-corrected chi connectivity index (χ2v) is 11.8. The van der Waals surface area contributed by atoms with Crippen LogP contribution in [0, 0.1) is 19.7 Å². The predicted molar refractivity (Wildman–Crippen MR) is 142 cm³/mol. The Morgan fingerprint density at radius 3 is 2.59 bits per heavy atom. The van der Waals surface area contributed by atoms with Crippen LogP contribution >= 0.6 is 11.6 Å². The predicted octanol–water partition coefficient (Wildman–Crippen LogP) is 6.05. The lowest BCUT2D eigenvalue weighted by molar-refractivity contribution is -0.117. The summed E-state index contributed by atoms with van der Waals surface area (Å²) in [5, 5.41) is 4.11. The van der Waals surface area contributed by atoms with Gasteiger partial charge >= 0.3 is 0 Å². The standard InChI is InChI=1S/C27H26ClFN4O3S/c1-15-26(16(2)36-31-15)17-3-6-23-22(13-17)30-27(33(23)18-9-11-37(35)12-10-18)24-7-8-25(34)32(24)19-4-5-20(28)21(29)14-19/h3-6,13-14,18,24H,7-12H2,1-2H3/t18?,24-,37?/m0/s1. The van der Waals surface area contributed by atoms with Crippen molar-refractivity contribution < 1.29 is 17.9 Å². The van der Waals surface area contributed by atoms with E-state index in [0.717, 1.165) is 52.3 Å². The van der Waals surface area contributed by atoms with Crippen molar-refractivity contribution >= 4 is 45.0 Å². The Hall–Kier alpha value is -3.04. The highest BCUT2D eigenvalue weighted by Gasteiger charge is 2.38. The Labute approximate surface area is 221 Å².